The lowest BCUT2D eigenvalue weighted by atomic mass is 10.1. The van der Waals surface area contributed by atoms with Gasteiger partial charge in [0, 0.05) is 28.0 Å². The maximum Gasteiger partial charge on any atom is 0.290 e. The zero-order chi connectivity index (χ0) is 21.0. The maximum absolute atomic E-state index is 13.7. The number of carbonyl (C=O) groups is 2. The number of carbonyl (C=O) groups excluding carboxylic acids is 2. The minimum absolute atomic E-state index is 0.00404. The lowest BCUT2D eigenvalue weighted by Gasteiger charge is -2.10. The van der Waals surface area contributed by atoms with E-state index in [-0.39, 0.29) is 23.4 Å². The van der Waals surface area contributed by atoms with E-state index < -0.39 is 17.6 Å². The molecule has 0 fully saturated rings. The van der Waals surface area contributed by atoms with Crippen LogP contribution >= 0.6 is 15.9 Å². The van der Waals surface area contributed by atoms with Gasteiger partial charge in [0.25, 0.3) is 17.4 Å². The highest BCUT2D eigenvalue weighted by Crippen LogP contribution is 2.16. The number of nitrogens with zero attached hydrogens (tertiary/aromatic N) is 2. The predicted molar refractivity (Wildman–Crippen MR) is 110 cm³/mol. The molecule has 0 aliphatic rings. The first-order valence-electron chi connectivity index (χ1n) is 8.64. The Hall–Kier alpha value is -3.33. The molecule has 7 nitrogen and oxygen atoms in total. The Balaban J connectivity index is 1.76. The van der Waals surface area contributed by atoms with Gasteiger partial charge in [-0.15, -0.1) is 0 Å². The first-order chi connectivity index (χ1) is 13.9. The van der Waals surface area contributed by atoms with Crippen molar-refractivity contribution in [1.29, 1.82) is 0 Å². The van der Waals surface area contributed by atoms with Crippen LogP contribution in [0.25, 0.3) is 16.8 Å². The van der Waals surface area contributed by atoms with Crippen molar-refractivity contribution in [3.63, 3.8) is 0 Å². The molecule has 9 heteroatoms. The van der Waals surface area contributed by atoms with Gasteiger partial charge in [0.2, 0.25) is 0 Å². The lowest BCUT2D eigenvalue weighted by Crippen LogP contribution is -2.42. The number of nitrogens with one attached hydrogen (secondary N) is 2. The van der Waals surface area contributed by atoms with E-state index in [1.54, 1.807) is 37.3 Å². The molecule has 0 radical (unpaired) electrons. The van der Waals surface area contributed by atoms with E-state index in [1.807, 2.05) is 0 Å². The minimum Gasteiger partial charge on any atom is -0.268 e. The summed E-state index contributed by atoms with van der Waals surface area (Å²) in [7, 11) is 0. The van der Waals surface area contributed by atoms with Crippen molar-refractivity contribution in [2.75, 3.05) is 0 Å². The molecule has 0 spiro atoms. The summed E-state index contributed by atoms with van der Waals surface area (Å²) in [5, 5.41) is 4.81. The third kappa shape index (κ3) is 4.57. The number of hydrazine groups is 1. The van der Waals surface area contributed by atoms with Crippen LogP contribution in [0.1, 0.15) is 23.0 Å². The lowest BCUT2D eigenvalue weighted by molar-refractivity contribution is -0.117. The van der Waals surface area contributed by atoms with Crippen LogP contribution in [0.3, 0.4) is 0 Å². The number of amides is 2. The quantitative estimate of drug-likeness (QED) is 0.464. The molecule has 0 atom stereocenters. The van der Waals surface area contributed by atoms with E-state index in [9.17, 15) is 18.8 Å². The van der Waals surface area contributed by atoms with Crippen LogP contribution in [0.2, 0.25) is 0 Å². The van der Waals surface area contributed by atoms with Crippen molar-refractivity contribution in [3.05, 3.63) is 80.4 Å². The molecule has 0 aliphatic carbocycles. The van der Waals surface area contributed by atoms with E-state index in [2.05, 4.69) is 31.9 Å². The summed E-state index contributed by atoms with van der Waals surface area (Å²) >= 11 is 3.23. The third-order valence-corrected chi connectivity index (χ3v) is 4.55. The van der Waals surface area contributed by atoms with Crippen molar-refractivity contribution in [2.45, 2.75) is 13.5 Å². The van der Waals surface area contributed by atoms with E-state index in [0.717, 1.165) is 6.08 Å². The van der Waals surface area contributed by atoms with Gasteiger partial charge in [0.05, 0.1) is 5.39 Å². The predicted octanol–water partition coefficient (Wildman–Crippen LogP) is 2.79. The normalized spacial score (nSPS) is 11.0. The average Bonchev–Trinajstić information content (AvgIpc) is 2.73. The molecule has 0 unspecified atom stereocenters. The molecule has 2 amide bonds. The summed E-state index contributed by atoms with van der Waals surface area (Å²) in [6.07, 6.45) is 2.37. The van der Waals surface area contributed by atoms with E-state index in [0.29, 0.717) is 15.2 Å². The van der Waals surface area contributed by atoms with E-state index in [4.69, 9.17) is 0 Å². The van der Waals surface area contributed by atoms with Gasteiger partial charge in [-0.1, -0.05) is 34.1 Å². The van der Waals surface area contributed by atoms with Crippen molar-refractivity contribution in [3.8, 4) is 0 Å². The molecular weight excluding hydrogens is 443 g/mol. The zero-order valence-corrected chi connectivity index (χ0v) is 16.9. The number of aromatic nitrogens is 2. The van der Waals surface area contributed by atoms with Crippen LogP contribution in [0.5, 0.6) is 0 Å². The Labute approximate surface area is 173 Å². The van der Waals surface area contributed by atoms with Crippen LogP contribution in [-0.4, -0.2) is 21.6 Å². The Morgan fingerprint density at radius 3 is 2.62 bits per heavy atom. The van der Waals surface area contributed by atoms with Crippen molar-refractivity contribution in [1.82, 2.24) is 20.6 Å². The Morgan fingerprint density at radius 1 is 1.17 bits per heavy atom. The molecule has 2 N–H and O–H groups in total. The number of hydrogen-bond donors (Lipinski definition) is 2. The number of hydrogen-bond acceptors (Lipinski definition) is 4. The molecule has 29 heavy (non-hydrogen) atoms. The average molecular weight is 459 g/mol. The second kappa shape index (κ2) is 8.78. The Morgan fingerprint density at radius 2 is 1.90 bits per heavy atom. The largest absolute Gasteiger partial charge is 0.290 e. The molecular formula is C20H16BrFN4O3. The van der Waals surface area contributed by atoms with Crippen molar-refractivity contribution < 1.29 is 14.0 Å². The van der Waals surface area contributed by atoms with E-state index in [1.165, 1.54) is 22.9 Å². The third-order valence-electron chi connectivity index (χ3n) is 4.05. The number of rotatable bonds is 4. The fourth-order valence-corrected chi connectivity index (χ4v) is 3.02. The highest BCUT2D eigenvalue weighted by Gasteiger charge is 2.16. The second-order valence-corrected chi connectivity index (χ2v) is 6.87. The van der Waals surface area contributed by atoms with Crippen LogP contribution in [0.4, 0.5) is 4.39 Å². The summed E-state index contributed by atoms with van der Waals surface area (Å²) in [4.78, 5) is 36.8. The highest BCUT2D eigenvalue weighted by atomic mass is 79.9. The monoisotopic (exact) mass is 458 g/mol. The van der Waals surface area contributed by atoms with Gasteiger partial charge >= 0.3 is 0 Å². The summed E-state index contributed by atoms with van der Waals surface area (Å²) in [5.74, 6) is -1.83. The molecule has 1 heterocycles. The summed E-state index contributed by atoms with van der Waals surface area (Å²) < 4.78 is 15.5. The van der Waals surface area contributed by atoms with Gasteiger partial charge in [-0.25, -0.2) is 9.07 Å². The molecule has 3 rings (SSSR count). The van der Waals surface area contributed by atoms with Crippen LogP contribution in [0, 0.1) is 5.82 Å². The second-order valence-electron chi connectivity index (χ2n) is 5.96. The molecule has 1 aromatic heterocycles. The molecule has 3 aromatic rings. The fraction of sp³-hybridized carbons (Fsp3) is 0.100. The highest BCUT2D eigenvalue weighted by molar-refractivity contribution is 9.10. The van der Waals surface area contributed by atoms with Crippen molar-refractivity contribution in [2.24, 2.45) is 0 Å². The van der Waals surface area contributed by atoms with Gasteiger partial charge in [-0.3, -0.25) is 25.2 Å². The van der Waals surface area contributed by atoms with E-state index >= 15 is 0 Å². The molecule has 0 saturated carbocycles. The topological polar surface area (TPSA) is 93.1 Å². The SMILES string of the molecule is CCn1nc(C(=O)NNC(=O)/C=C/c2cc(Br)ccc2F)c2ccccc2c1=O. The zero-order valence-electron chi connectivity index (χ0n) is 15.3. The summed E-state index contributed by atoms with van der Waals surface area (Å²) in [5.41, 5.74) is 4.38. The first kappa shape index (κ1) is 20.4. The maximum atomic E-state index is 13.7. The molecule has 148 valence electrons. The summed E-state index contributed by atoms with van der Waals surface area (Å²) in [6, 6.07) is 10.9. The van der Waals surface area contributed by atoms with Crippen molar-refractivity contribution >= 4 is 44.6 Å². The summed E-state index contributed by atoms with van der Waals surface area (Å²) in [6.45, 7) is 2.02. The van der Waals surface area contributed by atoms with Gasteiger partial charge in [0.15, 0.2) is 5.69 Å². The Kier molecular flexibility index (Phi) is 6.18. The molecule has 0 aliphatic heterocycles. The van der Waals surface area contributed by atoms with Crippen LogP contribution in [0.15, 0.2) is 57.8 Å². The van der Waals surface area contributed by atoms with Gasteiger partial charge < -0.3 is 0 Å². The fourth-order valence-electron chi connectivity index (χ4n) is 2.64. The number of benzene rings is 2. The number of fused-ring (bicyclic) bond motifs is 1. The first-order valence-corrected chi connectivity index (χ1v) is 9.43. The number of aryl methyl sites for hydroxylation is 1. The van der Waals surface area contributed by atoms with Gasteiger partial charge in [-0.05, 0) is 37.3 Å². The standard InChI is InChI=1S/C20H16BrFN4O3/c1-2-26-20(29)15-6-4-3-5-14(15)18(25-26)19(28)24-23-17(27)10-7-12-11-13(21)8-9-16(12)22/h3-11H,2H2,1H3,(H,23,27)(H,24,28)/b10-7+. The van der Waals surface area contributed by atoms with Gasteiger partial charge in [-0.2, -0.15) is 5.10 Å². The van der Waals surface area contributed by atoms with Gasteiger partial charge in [0.1, 0.15) is 5.82 Å². The molecule has 0 bridgehead atoms. The van der Waals surface area contributed by atoms with Crippen LogP contribution in [-0.2, 0) is 11.3 Å². The Bertz CT molecular complexity index is 1190. The molecule has 0 saturated heterocycles. The smallest absolute Gasteiger partial charge is 0.268 e. The number of halogens is 2. The molecule has 2 aromatic carbocycles. The minimum atomic E-state index is -0.682. The van der Waals surface area contributed by atoms with Crippen LogP contribution < -0.4 is 16.4 Å².